The fourth-order valence-corrected chi connectivity index (χ4v) is 1.84. The number of hydrogen-bond acceptors (Lipinski definition) is 2. The van der Waals surface area contributed by atoms with Gasteiger partial charge in [-0.25, -0.2) is 0 Å². The van der Waals surface area contributed by atoms with E-state index in [4.69, 9.17) is 16.3 Å². The molecule has 21 heavy (non-hydrogen) atoms. The average molecular weight is 426 g/mol. The second-order valence-electron chi connectivity index (χ2n) is 4.56. The van der Waals surface area contributed by atoms with Crippen molar-refractivity contribution < 1.29 is 4.74 Å². The lowest BCUT2D eigenvalue weighted by molar-refractivity contribution is 0.336. The van der Waals surface area contributed by atoms with Crippen molar-refractivity contribution in [1.29, 1.82) is 0 Å². The Labute approximate surface area is 149 Å². The minimum absolute atomic E-state index is 0. The quantitative estimate of drug-likeness (QED) is 0.414. The van der Waals surface area contributed by atoms with E-state index in [2.05, 4.69) is 29.5 Å². The van der Waals surface area contributed by atoms with E-state index in [1.807, 2.05) is 25.1 Å². The molecule has 1 atom stereocenters. The summed E-state index contributed by atoms with van der Waals surface area (Å²) in [5, 5.41) is 7.29. The third-order valence-corrected chi connectivity index (χ3v) is 3.23. The van der Waals surface area contributed by atoms with E-state index in [1.165, 1.54) is 0 Å². The zero-order valence-corrected chi connectivity index (χ0v) is 16.2. The summed E-state index contributed by atoms with van der Waals surface area (Å²) in [6, 6.07) is 6.06. The summed E-state index contributed by atoms with van der Waals surface area (Å²) in [5.41, 5.74) is 1.06. The third-order valence-electron chi connectivity index (χ3n) is 2.99. The summed E-state index contributed by atoms with van der Waals surface area (Å²) in [5.74, 6) is 1.60. The highest BCUT2D eigenvalue weighted by molar-refractivity contribution is 14.0. The fraction of sp³-hybridized carbons (Fsp3) is 0.533. The second-order valence-corrected chi connectivity index (χ2v) is 5.00. The van der Waals surface area contributed by atoms with Gasteiger partial charge >= 0.3 is 0 Å². The van der Waals surface area contributed by atoms with Crippen molar-refractivity contribution >= 4 is 41.5 Å². The molecule has 1 unspecified atom stereocenters. The Morgan fingerprint density at radius 1 is 1.38 bits per heavy atom. The summed E-state index contributed by atoms with van der Waals surface area (Å²) in [6.45, 7) is 7.48. The molecule has 0 heterocycles. The second kappa shape index (κ2) is 11.0. The van der Waals surface area contributed by atoms with Crippen LogP contribution in [0.3, 0.4) is 0 Å². The first kappa shape index (κ1) is 20.3. The first-order chi connectivity index (χ1) is 9.60. The molecule has 1 rings (SSSR count). The third kappa shape index (κ3) is 7.22. The molecular formula is C15H25ClIN3O. The van der Waals surface area contributed by atoms with Crippen LogP contribution in [0.4, 0.5) is 0 Å². The molecule has 120 valence electrons. The van der Waals surface area contributed by atoms with Gasteiger partial charge in [-0.3, -0.25) is 4.99 Å². The van der Waals surface area contributed by atoms with Gasteiger partial charge in [0.05, 0.1) is 6.61 Å². The van der Waals surface area contributed by atoms with Crippen LogP contribution in [-0.4, -0.2) is 25.7 Å². The minimum Gasteiger partial charge on any atom is -0.493 e. The summed E-state index contributed by atoms with van der Waals surface area (Å²) < 4.78 is 5.60. The van der Waals surface area contributed by atoms with Gasteiger partial charge in [-0.1, -0.05) is 24.6 Å². The van der Waals surface area contributed by atoms with Crippen LogP contribution in [0.15, 0.2) is 23.2 Å². The smallest absolute Gasteiger partial charge is 0.191 e. The lowest BCUT2D eigenvalue weighted by Crippen LogP contribution is -2.41. The number of nitrogens with one attached hydrogen (secondary N) is 2. The van der Waals surface area contributed by atoms with Crippen LogP contribution < -0.4 is 15.4 Å². The molecule has 0 aromatic heterocycles. The van der Waals surface area contributed by atoms with Crippen molar-refractivity contribution in [3.63, 3.8) is 0 Å². The Morgan fingerprint density at radius 2 is 2.10 bits per heavy atom. The molecular weight excluding hydrogens is 401 g/mol. The number of guanidine groups is 1. The maximum Gasteiger partial charge on any atom is 0.191 e. The SMILES string of the molecule is CCOc1cc(Cl)ccc1CNC(=NC)NC(C)CC.I. The number of benzene rings is 1. The van der Waals surface area contributed by atoms with Crippen molar-refractivity contribution in [2.45, 2.75) is 39.8 Å². The largest absolute Gasteiger partial charge is 0.493 e. The zero-order valence-electron chi connectivity index (χ0n) is 13.1. The molecule has 0 aliphatic rings. The van der Waals surface area contributed by atoms with Crippen LogP contribution in [0.1, 0.15) is 32.8 Å². The predicted molar refractivity (Wildman–Crippen MR) is 101 cm³/mol. The molecule has 0 bridgehead atoms. The summed E-state index contributed by atoms with van der Waals surface area (Å²) >= 11 is 5.99. The van der Waals surface area contributed by atoms with Gasteiger partial charge in [0.2, 0.25) is 0 Å². The van der Waals surface area contributed by atoms with Gasteiger partial charge in [0.25, 0.3) is 0 Å². The lowest BCUT2D eigenvalue weighted by Gasteiger charge is -2.17. The van der Waals surface area contributed by atoms with E-state index in [0.29, 0.717) is 24.2 Å². The van der Waals surface area contributed by atoms with Crippen LogP contribution >= 0.6 is 35.6 Å². The first-order valence-corrected chi connectivity index (χ1v) is 7.36. The van der Waals surface area contributed by atoms with Crippen molar-refractivity contribution in [2.75, 3.05) is 13.7 Å². The molecule has 6 heteroatoms. The van der Waals surface area contributed by atoms with E-state index in [-0.39, 0.29) is 24.0 Å². The molecule has 1 aromatic rings. The van der Waals surface area contributed by atoms with Gasteiger partial charge in [0, 0.05) is 30.2 Å². The molecule has 0 fully saturated rings. The summed E-state index contributed by atoms with van der Waals surface area (Å²) in [7, 11) is 1.77. The highest BCUT2D eigenvalue weighted by Crippen LogP contribution is 2.23. The van der Waals surface area contributed by atoms with E-state index >= 15 is 0 Å². The van der Waals surface area contributed by atoms with Gasteiger partial charge in [-0.05, 0) is 32.4 Å². The topological polar surface area (TPSA) is 45.6 Å². The molecule has 4 nitrogen and oxygen atoms in total. The number of nitrogens with zero attached hydrogens (tertiary/aromatic N) is 1. The van der Waals surface area contributed by atoms with E-state index in [1.54, 1.807) is 7.05 Å². The molecule has 2 N–H and O–H groups in total. The van der Waals surface area contributed by atoms with Crippen molar-refractivity contribution in [3.8, 4) is 5.75 Å². The maximum atomic E-state index is 5.99. The van der Waals surface area contributed by atoms with Gasteiger partial charge in [-0.2, -0.15) is 0 Å². The zero-order chi connectivity index (χ0) is 15.0. The molecule has 0 spiro atoms. The lowest BCUT2D eigenvalue weighted by atomic mass is 10.2. The van der Waals surface area contributed by atoms with Crippen LogP contribution in [0.25, 0.3) is 0 Å². The van der Waals surface area contributed by atoms with Crippen LogP contribution in [0, 0.1) is 0 Å². The average Bonchev–Trinajstić information content (AvgIpc) is 2.45. The maximum absolute atomic E-state index is 5.99. The van der Waals surface area contributed by atoms with Crippen LogP contribution in [0.5, 0.6) is 5.75 Å². The Morgan fingerprint density at radius 3 is 2.67 bits per heavy atom. The first-order valence-electron chi connectivity index (χ1n) is 6.99. The Balaban J connectivity index is 0.00000400. The van der Waals surface area contributed by atoms with Gasteiger partial charge in [0.15, 0.2) is 5.96 Å². The molecule has 1 aromatic carbocycles. The molecule has 0 saturated carbocycles. The molecule has 0 amide bonds. The molecule has 0 aliphatic heterocycles. The fourth-order valence-electron chi connectivity index (χ4n) is 1.67. The summed E-state index contributed by atoms with van der Waals surface area (Å²) in [4.78, 5) is 4.21. The Kier molecular flexibility index (Phi) is 10.6. The highest BCUT2D eigenvalue weighted by Gasteiger charge is 2.07. The van der Waals surface area contributed by atoms with E-state index in [0.717, 1.165) is 23.7 Å². The number of hydrogen-bond donors (Lipinski definition) is 2. The van der Waals surface area contributed by atoms with Crippen molar-refractivity contribution in [3.05, 3.63) is 28.8 Å². The summed E-state index contributed by atoms with van der Waals surface area (Å²) in [6.07, 6.45) is 1.05. The number of aliphatic imine (C=N–C) groups is 1. The number of ether oxygens (including phenoxy) is 1. The minimum atomic E-state index is 0. The highest BCUT2D eigenvalue weighted by atomic mass is 127. The Hall–Kier alpha value is -0.690. The van der Waals surface area contributed by atoms with Crippen LogP contribution in [-0.2, 0) is 6.54 Å². The van der Waals surface area contributed by atoms with E-state index < -0.39 is 0 Å². The standard InChI is InChI=1S/C15H24ClN3O.HI/c1-5-11(3)19-15(17-4)18-10-12-7-8-13(16)9-14(12)20-6-2;/h7-9,11H,5-6,10H2,1-4H3,(H2,17,18,19);1H. The number of rotatable bonds is 6. The van der Waals surface area contributed by atoms with E-state index in [9.17, 15) is 0 Å². The van der Waals surface area contributed by atoms with Crippen LogP contribution in [0.2, 0.25) is 5.02 Å². The molecule has 0 radical (unpaired) electrons. The monoisotopic (exact) mass is 425 g/mol. The van der Waals surface area contributed by atoms with Crippen molar-refractivity contribution in [1.82, 2.24) is 10.6 Å². The molecule has 0 saturated heterocycles. The van der Waals surface area contributed by atoms with Gasteiger partial charge in [-0.15, -0.1) is 24.0 Å². The molecule has 0 aliphatic carbocycles. The number of halogens is 2. The Bertz CT molecular complexity index is 455. The van der Waals surface area contributed by atoms with Gasteiger partial charge in [0.1, 0.15) is 5.75 Å². The predicted octanol–water partition coefficient (Wildman–Crippen LogP) is 3.82. The van der Waals surface area contributed by atoms with Crippen molar-refractivity contribution in [2.24, 2.45) is 4.99 Å². The normalized spacial score (nSPS) is 12.3. The van der Waals surface area contributed by atoms with Gasteiger partial charge < -0.3 is 15.4 Å².